The van der Waals surface area contributed by atoms with Crippen LogP contribution in [0.25, 0.3) is 0 Å². The smallest absolute Gasteiger partial charge is 0.273 e. The van der Waals surface area contributed by atoms with Gasteiger partial charge in [0.15, 0.2) is 0 Å². The van der Waals surface area contributed by atoms with Gasteiger partial charge < -0.3 is 20.1 Å². The van der Waals surface area contributed by atoms with Gasteiger partial charge in [-0.15, -0.1) is 0 Å². The fourth-order valence-corrected chi connectivity index (χ4v) is 1.73. The Kier molecular flexibility index (Phi) is 7.66. The monoisotopic (exact) mass is 297 g/mol. The molecule has 1 aromatic carbocycles. The van der Waals surface area contributed by atoms with Crippen LogP contribution in [0, 0.1) is 10.1 Å². The lowest BCUT2D eigenvalue weighted by Crippen LogP contribution is -2.32. The highest BCUT2D eigenvalue weighted by atomic mass is 16.6. The molecule has 2 N–H and O–H groups in total. The van der Waals surface area contributed by atoms with E-state index in [1.54, 1.807) is 12.1 Å². The number of hydrogen-bond acceptors (Lipinski definition) is 6. The van der Waals surface area contributed by atoms with Crippen LogP contribution in [-0.4, -0.2) is 61.4 Å². The largest absolute Gasteiger partial charge is 0.491 e. The molecule has 0 aliphatic heterocycles. The van der Waals surface area contributed by atoms with Crippen molar-refractivity contribution >= 4 is 5.69 Å². The molecular formula is C14H23N3O4. The molecule has 0 aromatic heterocycles. The minimum absolute atomic E-state index is 0.0243. The molecule has 21 heavy (non-hydrogen) atoms. The second-order valence-electron chi connectivity index (χ2n) is 5.08. The molecule has 0 saturated carbocycles. The first-order chi connectivity index (χ1) is 9.99. The van der Waals surface area contributed by atoms with E-state index in [1.807, 2.05) is 14.1 Å². The number of ether oxygens (including phenoxy) is 1. The van der Waals surface area contributed by atoms with E-state index in [-0.39, 0.29) is 12.3 Å². The maximum absolute atomic E-state index is 10.6. The molecule has 0 bridgehead atoms. The van der Waals surface area contributed by atoms with Gasteiger partial charge in [-0.05, 0) is 39.7 Å². The van der Waals surface area contributed by atoms with E-state index in [2.05, 4.69) is 10.2 Å². The summed E-state index contributed by atoms with van der Waals surface area (Å²) < 4.78 is 5.35. The summed E-state index contributed by atoms with van der Waals surface area (Å²) in [7, 11) is 4.03. The number of non-ortho nitro benzene ring substituents is 1. The van der Waals surface area contributed by atoms with Gasteiger partial charge in [-0.1, -0.05) is 6.07 Å². The van der Waals surface area contributed by atoms with Crippen molar-refractivity contribution in [3.8, 4) is 5.75 Å². The highest BCUT2D eigenvalue weighted by Gasteiger charge is 2.08. The number of benzene rings is 1. The summed E-state index contributed by atoms with van der Waals surface area (Å²) in [5.74, 6) is 0.385. The molecule has 0 saturated heterocycles. The summed E-state index contributed by atoms with van der Waals surface area (Å²) in [6, 6.07) is 5.93. The third-order valence-electron chi connectivity index (χ3n) is 2.81. The van der Waals surface area contributed by atoms with E-state index < -0.39 is 11.0 Å². The Hall–Kier alpha value is -1.70. The average molecular weight is 297 g/mol. The highest BCUT2D eigenvalue weighted by molar-refractivity contribution is 5.37. The lowest BCUT2D eigenvalue weighted by Gasteiger charge is -2.14. The van der Waals surface area contributed by atoms with E-state index in [4.69, 9.17) is 4.74 Å². The number of nitro groups is 1. The molecular weight excluding hydrogens is 274 g/mol. The molecule has 0 spiro atoms. The zero-order chi connectivity index (χ0) is 15.7. The predicted octanol–water partition coefficient (Wildman–Crippen LogP) is 0.876. The number of aliphatic hydroxyl groups is 1. The van der Waals surface area contributed by atoms with Gasteiger partial charge in [-0.2, -0.15) is 0 Å². The summed E-state index contributed by atoms with van der Waals surface area (Å²) in [6.45, 7) is 2.35. The van der Waals surface area contributed by atoms with E-state index in [0.717, 1.165) is 19.5 Å². The number of rotatable bonds is 10. The third kappa shape index (κ3) is 7.60. The molecule has 0 aliphatic carbocycles. The maximum atomic E-state index is 10.6. The predicted molar refractivity (Wildman–Crippen MR) is 80.6 cm³/mol. The molecule has 1 atom stereocenters. The molecule has 0 radical (unpaired) electrons. The standard InChI is InChI=1S/C14H23N3O4/c1-16(2)8-4-7-15-10-13(18)11-21-14-6-3-5-12(9-14)17(19)20/h3,5-6,9,13,15,18H,4,7-8,10-11H2,1-2H3/t13-/m1/s1. The van der Waals surface area contributed by atoms with Crippen LogP contribution in [0.3, 0.4) is 0 Å². The second kappa shape index (κ2) is 9.28. The van der Waals surface area contributed by atoms with Gasteiger partial charge in [0, 0.05) is 12.6 Å². The van der Waals surface area contributed by atoms with Gasteiger partial charge >= 0.3 is 0 Å². The molecule has 0 heterocycles. The van der Waals surface area contributed by atoms with Crippen molar-refractivity contribution in [1.82, 2.24) is 10.2 Å². The normalized spacial score (nSPS) is 12.4. The van der Waals surface area contributed by atoms with Crippen LogP contribution in [-0.2, 0) is 0 Å². The van der Waals surface area contributed by atoms with Gasteiger partial charge in [-0.25, -0.2) is 0 Å². The van der Waals surface area contributed by atoms with Gasteiger partial charge in [0.2, 0.25) is 0 Å². The van der Waals surface area contributed by atoms with Crippen molar-refractivity contribution in [1.29, 1.82) is 0 Å². The summed E-state index contributed by atoms with van der Waals surface area (Å²) in [5, 5.41) is 23.5. The Labute approximate surface area is 124 Å². The van der Waals surface area contributed by atoms with E-state index in [1.165, 1.54) is 12.1 Å². The quantitative estimate of drug-likeness (QED) is 0.378. The van der Waals surface area contributed by atoms with Crippen LogP contribution in [0.1, 0.15) is 6.42 Å². The van der Waals surface area contributed by atoms with E-state index in [0.29, 0.717) is 12.3 Å². The fourth-order valence-electron chi connectivity index (χ4n) is 1.73. The lowest BCUT2D eigenvalue weighted by molar-refractivity contribution is -0.384. The van der Waals surface area contributed by atoms with Crippen molar-refractivity contribution < 1.29 is 14.8 Å². The van der Waals surface area contributed by atoms with Crippen LogP contribution in [0.2, 0.25) is 0 Å². The van der Waals surface area contributed by atoms with Crippen LogP contribution >= 0.6 is 0 Å². The first-order valence-electron chi connectivity index (χ1n) is 6.90. The molecule has 7 heteroatoms. The zero-order valence-corrected chi connectivity index (χ0v) is 12.5. The lowest BCUT2D eigenvalue weighted by atomic mass is 10.3. The topological polar surface area (TPSA) is 87.9 Å². The van der Waals surface area contributed by atoms with Crippen molar-refractivity contribution in [2.24, 2.45) is 0 Å². The van der Waals surface area contributed by atoms with E-state index in [9.17, 15) is 15.2 Å². The van der Waals surface area contributed by atoms with Gasteiger partial charge in [0.25, 0.3) is 5.69 Å². The van der Waals surface area contributed by atoms with Crippen LogP contribution in [0.15, 0.2) is 24.3 Å². The summed E-state index contributed by atoms with van der Waals surface area (Å²) >= 11 is 0. The SMILES string of the molecule is CN(C)CCCNC[C@@H](O)COc1cccc([N+](=O)[O-])c1. The van der Waals surface area contributed by atoms with Crippen molar-refractivity contribution in [3.05, 3.63) is 34.4 Å². The first kappa shape index (κ1) is 17.4. The van der Waals surface area contributed by atoms with Crippen LogP contribution in [0.5, 0.6) is 5.75 Å². The number of nitro benzene ring substituents is 1. The Morgan fingerprint density at radius 3 is 2.90 bits per heavy atom. The van der Waals surface area contributed by atoms with Crippen molar-refractivity contribution in [2.75, 3.05) is 40.3 Å². The fraction of sp³-hybridized carbons (Fsp3) is 0.571. The Balaban J connectivity index is 2.22. The second-order valence-corrected chi connectivity index (χ2v) is 5.08. The molecule has 0 amide bonds. The first-order valence-corrected chi connectivity index (χ1v) is 6.90. The zero-order valence-electron chi connectivity index (χ0n) is 12.5. The van der Waals surface area contributed by atoms with Crippen LogP contribution < -0.4 is 10.1 Å². The highest BCUT2D eigenvalue weighted by Crippen LogP contribution is 2.19. The average Bonchev–Trinajstić information content (AvgIpc) is 2.44. The van der Waals surface area contributed by atoms with Gasteiger partial charge in [0.05, 0.1) is 11.0 Å². The maximum Gasteiger partial charge on any atom is 0.273 e. The Morgan fingerprint density at radius 1 is 1.48 bits per heavy atom. The number of aliphatic hydroxyl groups excluding tert-OH is 1. The molecule has 7 nitrogen and oxygen atoms in total. The Bertz CT molecular complexity index is 440. The molecule has 0 unspecified atom stereocenters. The molecule has 1 aromatic rings. The summed E-state index contributed by atoms with van der Waals surface area (Å²) in [4.78, 5) is 12.3. The number of nitrogens with zero attached hydrogens (tertiary/aromatic N) is 2. The van der Waals surface area contributed by atoms with Gasteiger partial charge in [-0.3, -0.25) is 10.1 Å². The molecule has 0 fully saturated rings. The minimum Gasteiger partial charge on any atom is -0.491 e. The summed E-state index contributed by atoms with van der Waals surface area (Å²) in [6.07, 6.45) is 0.356. The Morgan fingerprint density at radius 2 is 2.24 bits per heavy atom. The molecule has 0 aliphatic rings. The third-order valence-corrected chi connectivity index (χ3v) is 2.81. The van der Waals surface area contributed by atoms with Gasteiger partial charge in [0.1, 0.15) is 18.5 Å². The minimum atomic E-state index is -0.649. The number of nitrogens with one attached hydrogen (secondary N) is 1. The van der Waals surface area contributed by atoms with Crippen molar-refractivity contribution in [2.45, 2.75) is 12.5 Å². The van der Waals surface area contributed by atoms with E-state index >= 15 is 0 Å². The summed E-state index contributed by atoms with van der Waals surface area (Å²) in [5.41, 5.74) is -0.0243. The molecule has 1 rings (SSSR count). The van der Waals surface area contributed by atoms with Crippen LogP contribution in [0.4, 0.5) is 5.69 Å². The number of hydrogen-bond donors (Lipinski definition) is 2. The van der Waals surface area contributed by atoms with Crippen molar-refractivity contribution in [3.63, 3.8) is 0 Å². The molecule has 118 valence electrons.